The maximum absolute atomic E-state index is 11.2. The Labute approximate surface area is 86.1 Å². The average Bonchev–Trinajstić information content (AvgIpc) is 2.70. The number of thiophene rings is 1. The quantitative estimate of drug-likeness (QED) is 0.567. The summed E-state index contributed by atoms with van der Waals surface area (Å²) in [7, 11) is 0. The molecule has 0 amide bonds. The van der Waals surface area contributed by atoms with Crippen molar-refractivity contribution in [3.8, 4) is 0 Å². The molecule has 0 saturated heterocycles. The Balaban J connectivity index is 2.10. The van der Waals surface area contributed by atoms with Gasteiger partial charge in [0.2, 0.25) is 0 Å². The van der Waals surface area contributed by atoms with Crippen molar-refractivity contribution in [2.75, 3.05) is 26.4 Å². The van der Waals surface area contributed by atoms with Crippen molar-refractivity contribution in [1.29, 1.82) is 0 Å². The van der Waals surface area contributed by atoms with Crippen LogP contribution < -0.4 is 0 Å². The van der Waals surface area contributed by atoms with Gasteiger partial charge in [0, 0.05) is 0 Å². The number of carbonyl (C=O) groups is 1. The van der Waals surface area contributed by atoms with Gasteiger partial charge in [0.1, 0.15) is 11.5 Å². The first-order chi connectivity index (χ1) is 6.84. The first-order valence-electron chi connectivity index (χ1n) is 4.24. The van der Waals surface area contributed by atoms with Crippen molar-refractivity contribution in [2.24, 2.45) is 0 Å². The average molecular weight is 216 g/mol. The zero-order valence-corrected chi connectivity index (χ0v) is 8.46. The van der Waals surface area contributed by atoms with Gasteiger partial charge in [-0.15, -0.1) is 11.3 Å². The van der Waals surface area contributed by atoms with Crippen molar-refractivity contribution in [1.82, 2.24) is 0 Å². The molecule has 1 N–H and O–H groups in total. The van der Waals surface area contributed by atoms with Gasteiger partial charge in [-0.3, -0.25) is 0 Å². The molecule has 0 spiro atoms. The molecular weight excluding hydrogens is 204 g/mol. The Morgan fingerprint density at radius 2 is 2.29 bits per heavy atom. The van der Waals surface area contributed by atoms with Crippen LogP contribution in [0, 0.1) is 0 Å². The van der Waals surface area contributed by atoms with E-state index < -0.39 is 0 Å². The molecule has 0 unspecified atom stereocenters. The van der Waals surface area contributed by atoms with Gasteiger partial charge in [0.15, 0.2) is 0 Å². The highest BCUT2D eigenvalue weighted by Crippen LogP contribution is 2.09. The second-order valence-corrected chi connectivity index (χ2v) is 3.40. The van der Waals surface area contributed by atoms with E-state index in [4.69, 9.17) is 14.6 Å². The van der Waals surface area contributed by atoms with Crippen LogP contribution in [0.3, 0.4) is 0 Å². The van der Waals surface area contributed by atoms with E-state index in [1.807, 2.05) is 5.38 Å². The van der Waals surface area contributed by atoms with E-state index in [-0.39, 0.29) is 25.8 Å². The fraction of sp³-hybridized carbons (Fsp3) is 0.444. The minimum atomic E-state index is -0.326. The highest BCUT2D eigenvalue weighted by Gasteiger charge is 2.06. The van der Waals surface area contributed by atoms with Crippen LogP contribution in [0.25, 0.3) is 0 Å². The summed E-state index contributed by atoms with van der Waals surface area (Å²) in [5.41, 5.74) is 0. The number of hydrogen-bond donors (Lipinski definition) is 1. The van der Waals surface area contributed by atoms with E-state index in [1.54, 1.807) is 12.1 Å². The largest absolute Gasteiger partial charge is 0.459 e. The third-order valence-electron chi connectivity index (χ3n) is 1.42. The summed E-state index contributed by atoms with van der Waals surface area (Å²) < 4.78 is 9.82. The molecule has 0 fully saturated rings. The Kier molecular flexibility index (Phi) is 5.21. The fourth-order valence-corrected chi connectivity index (χ4v) is 1.44. The molecule has 0 aliphatic rings. The Bertz CT molecular complexity index is 258. The molecule has 78 valence electrons. The lowest BCUT2D eigenvalue weighted by Gasteiger charge is -2.03. The predicted octanol–water partition coefficient (Wildman–Crippen LogP) is 0.914. The van der Waals surface area contributed by atoms with E-state index in [0.29, 0.717) is 11.5 Å². The number of aliphatic hydroxyl groups is 1. The van der Waals surface area contributed by atoms with E-state index in [0.717, 1.165) is 0 Å². The molecular formula is C9H12O4S. The summed E-state index contributed by atoms with van der Waals surface area (Å²) in [4.78, 5) is 11.8. The summed E-state index contributed by atoms with van der Waals surface area (Å²) in [6.07, 6.45) is 0. The second kappa shape index (κ2) is 6.53. The molecule has 14 heavy (non-hydrogen) atoms. The van der Waals surface area contributed by atoms with Gasteiger partial charge < -0.3 is 14.6 Å². The molecule has 1 aromatic heterocycles. The van der Waals surface area contributed by atoms with Gasteiger partial charge in [-0.2, -0.15) is 0 Å². The molecule has 0 aliphatic carbocycles. The lowest BCUT2D eigenvalue weighted by molar-refractivity contribution is 0.0262. The topological polar surface area (TPSA) is 55.8 Å². The van der Waals surface area contributed by atoms with Crippen molar-refractivity contribution in [2.45, 2.75) is 0 Å². The first kappa shape index (κ1) is 11.2. The molecule has 0 radical (unpaired) electrons. The molecule has 4 nitrogen and oxygen atoms in total. The first-order valence-corrected chi connectivity index (χ1v) is 5.12. The maximum atomic E-state index is 11.2. The minimum absolute atomic E-state index is 0.0150. The zero-order chi connectivity index (χ0) is 10.2. The standard InChI is InChI=1S/C9H12O4S/c10-3-4-12-5-6-13-9(11)8-2-1-7-14-8/h1-2,7,10H,3-6H2. The van der Waals surface area contributed by atoms with Crippen LogP contribution in [0.2, 0.25) is 0 Å². The summed E-state index contributed by atoms with van der Waals surface area (Å²) in [5, 5.41) is 10.2. The van der Waals surface area contributed by atoms with Crippen molar-refractivity contribution in [3.05, 3.63) is 22.4 Å². The SMILES string of the molecule is O=C(OCCOCCO)c1cccs1. The summed E-state index contributed by atoms with van der Waals surface area (Å²) in [6, 6.07) is 3.51. The Morgan fingerprint density at radius 3 is 2.93 bits per heavy atom. The number of esters is 1. The van der Waals surface area contributed by atoms with Gasteiger partial charge >= 0.3 is 5.97 Å². The summed E-state index contributed by atoms with van der Waals surface area (Å²) in [6.45, 7) is 0.795. The number of ether oxygens (including phenoxy) is 2. The van der Waals surface area contributed by atoms with Crippen LogP contribution in [-0.2, 0) is 9.47 Å². The van der Waals surface area contributed by atoms with Crippen LogP contribution in [0.5, 0.6) is 0 Å². The monoisotopic (exact) mass is 216 g/mol. The third-order valence-corrected chi connectivity index (χ3v) is 2.27. The van der Waals surface area contributed by atoms with E-state index in [9.17, 15) is 4.79 Å². The van der Waals surface area contributed by atoms with Gasteiger partial charge in [-0.25, -0.2) is 4.79 Å². The number of carbonyl (C=O) groups excluding carboxylic acids is 1. The normalized spacial score (nSPS) is 10.1. The van der Waals surface area contributed by atoms with E-state index >= 15 is 0 Å². The molecule has 0 aliphatic heterocycles. The molecule has 0 atom stereocenters. The molecule has 0 saturated carbocycles. The van der Waals surface area contributed by atoms with E-state index in [1.165, 1.54) is 11.3 Å². The third kappa shape index (κ3) is 3.87. The van der Waals surface area contributed by atoms with E-state index in [2.05, 4.69) is 0 Å². The molecule has 1 rings (SSSR count). The lowest BCUT2D eigenvalue weighted by Crippen LogP contribution is -2.11. The van der Waals surface area contributed by atoms with Crippen molar-refractivity contribution in [3.63, 3.8) is 0 Å². The summed E-state index contributed by atoms with van der Waals surface area (Å²) >= 11 is 1.34. The Morgan fingerprint density at radius 1 is 1.43 bits per heavy atom. The predicted molar refractivity (Wildman–Crippen MR) is 52.5 cm³/mol. The minimum Gasteiger partial charge on any atom is -0.459 e. The molecule has 0 aromatic carbocycles. The van der Waals surface area contributed by atoms with Crippen molar-refractivity contribution >= 4 is 17.3 Å². The lowest BCUT2D eigenvalue weighted by atomic mass is 10.5. The molecule has 5 heteroatoms. The van der Waals surface area contributed by atoms with Crippen LogP contribution in [-0.4, -0.2) is 37.5 Å². The van der Waals surface area contributed by atoms with Gasteiger partial charge in [0.05, 0.1) is 19.8 Å². The molecule has 1 aromatic rings. The number of hydrogen-bond acceptors (Lipinski definition) is 5. The van der Waals surface area contributed by atoms with Gasteiger partial charge in [0.25, 0.3) is 0 Å². The zero-order valence-electron chi connectivity index (χ0n) is 7.64. The number of aliphatic hydroxyl groups excluding tert-OH is 1. The molecule has 1 heterocycles. The Hall–Kier alpha value is -0.910. The highest BCUT2D eigenvalue weighted by atomic mass is 32.1. The smallest absolute Gasteiger partial charge is 0.348 e. The van der Waals surface area contributed by atoms with Crippen LogP contribution in [0.1, 0.15) is 9.67 Å². The van der Waals surface area contributed by atoms with Crippen LogP contribution in [0.15, 0.2) is 17.5 Å². The van der Waals surface area contributed by atoms with Crippen LogP contribution >= 0.6 is 11.3 Å². The van der Waals surface area contributed by atoms with Gasteiger partial charge in [-0.1, -0.05) is 6.07 Å². The maximum Gasteiger partial charge on any atom is 0.348 e. The van der Waals surface area contributed by atoms with Gasteiger partial charge in [-0.05, 0) is 11.4 Å². The van der Waals surface area contributed by atoms with Crippen molar-refractivity contribution < 1.29 is 19.4 Å². The number of rotatable bonds is 6. The molecule has 0 bridgehead atoms. The fourth-order valence-electron chi connectivity index (χ4n) is 0.826. The second-order valence-electron chi connectivity index (χ2n) is 2.45. The highest BCUT2D eigenvalue weighted by molar-refractivity contribution is 7.11. The summed E-state index contributed by atoms with van der Waals surface area (Å²) in [5.74, 6) is -0.326. The van der Waals surface area contributed by atoms with Crippen LogP contribution in [0.4, 0.5) is 0 Å².